The molecule has 0 aromatic carbocycles. The summed E-state index contributed by atoms with van der Waals surface area (Å²) < 4.78 is 0. The van der Waals surface area contributed by atoms with Gasteiger partial charge in [0.05, 0.1) is 12.4 Å². The van der Waals surface area contributed by atoms with Gasteiger partial charge >= 0.3 is 0 Å². The van der Waals surface area contributed by atoms with E-state index in [1.54, 1.807) is 0 Å². The SMILES string of the molecule is O=C(Nc1nccnn1)c1ccnc(Cl)c1. The summed E-state index contributed by atoms with van der Waals surface area (Å²) >= 11 is 5.66. The number of carbonyl (C=O) groups excluding carboxylic acids is 1. The zero-order chi connectivity index (χ0) is 11.4. The third-order valence-corrected chi connectivity index (χ3v) is 1.90. The van der Waals surface area contributed by atoms with Gasteiger partial charge in [-0.25, -0.2) is 9.97 Å². The molecule has 2 rings (SSSR count). The molecule has 0 aliphatic rings. The van der Waals surface area contributed by atoms with E-state index in [1.165, 1.54) is 30.7 Å². The second-order valence-corrected chi connectivity index (χ2v) is 3.17. The van der Waals surface area contributed by atoms with Crippen LogP contribution in [-0.4, -0.2) is 26.1 Å². The van der Waals surface area contributed by atoms with Crippen molar-refractivity contribution >= 4 is 23.5 Å². The Hall–Kier alpha value is -2.08. The van der Waals surface area contributed by atoms with Gasteiger partial charge in [-0.3, -0.25) is 10.1 Å². The van der Waals surface area contributed by atoms with Crippen LogP contribution in [0.4, 0.5) is 5.95 Å². The summed E-state index contributed by atoms with van der Waals surface area (Å²) in [6.07, 6.45) is 4.29. The Morgan fingerprint density at radius 3 is 2.81 bits per heavy atom. The van der Waals surface area contributed by atoms with Crippen molar-refractivity contribution in [2.75, 3.05) is 5.32 Å². The first-order valence-electron chi connectivity index (χ1n) is 4.32. The molecule has 0 saturated heterocycles. The number of hydrogen-bond donors (Lipinski definition) is 1. The van der Waals surface area contributed by atoms with E-state index in [9.17, 15) is 4.79 Å². The molecule has 2 aromatic rings. The number of amides is 1. The fourth-order valence-corrected chi connectivity index (χ4v) is 1.20. The van der Waals surface area contributed by atoms with Gasteiger partial charge in [0.2, 0.25) is 5.95 Å². The molecule has 0 aliphatic carbocycles. The first-order chi connectivity index (χ1) is 7.75. The molecule has 0 aliphatic heterocycles. The van der Waals surface area contributed by atoms with Gasteiger partial charge in [-0.2, -0.15) is 5.10 Å². The minimum Gasteiger partial charge on any atom is -0.289 e. The lowest BCUT2D eigenvalue weighted by Crippen LogP contribution is -2.14. The number of aromatic nitrogens is 4. The maximum Gasteiger partial charge on any atom is 0.258 e. The van der Waals surface area contributed by atoms with Crippen molar-refractivity contribution < 1.29 is 4.79 Å². The maximum absolute atomic E-state index is 11.7. The second-order valence-electron chi connectivity index (χ2n) is 2.79. The lowest BCUT2D eigenvalue weighted by molar-refractivity contribution is 0.102. The van der Waals surface area contributed by atoms with Gasteiger partial charge in [0.1, 0.15) is 5.15 Å². The van der Waals surface area contributed by atoms with Crippen LogP contribution in [0.15, 0.2) is 30.7 Å². The number of anilines is 1. The number of rotatable bonds is 2. The Balaban J connectivity index is 2.15. The van der Waals surface area contributed by atoms with E-state index in [-0.39, 0.29) is 17.0 Å². The average Bonchev–Trinajstić information content (AvgIpc) is 2.30. The van der Waals surface area contributed by atoms with Crippen LogP contribution < -0.4 is 5.32 Å². The number of carbonyl (C=O) groups is 1. The predicted octanol–water partition coefficient (Wildman–Crippen LogP) is 1.17. The number of nitrogens with one attached hydrogen (secondary N) is 1. The highest BCUT2D eigenvalue weighted by Crippen LogP contribution is 2.08. The van der Waals surface area contributed by atoms with Crippen LogP contribution in [0.2, 0.25) is 5.15 Å². The number of halogens is 1. The van der Waals surface area contributed by atoms with Crippen molar-refractivity contribution in [3.05, 3.63) is 41.4 Å². The highest BCUT2D eigenvalue weighted by molar-refractivity contribution is 6.29. The summed E-state index contributed by atoms with van der Waals surface area (Å²) in [5.41, 5.74) is 0.382. The Morgan fingerprint density at radius 1 is 1.25 bits per heavy atom. The summed E-state index contributed by atoms with van der Waals surface area (Å²) in [6, 6.07) is 2.99. The van der Waals surface area contributed by atoms with Crippen LogP contribution in [0.3, 0.4) is 0 Å². The molecule has 0 unspecified atom stereocenters. The molecule has 16 heavy (non-hydrogen) atoms. The van der Waals surface area contributed by atoms with Crippen molar-refractivity contribution in [3.63, 3.8) is 0 Å². The van der Waals surface area contributed by atoms with Crippen LogP contribution in [0.5, 0.6) is 0 Å². The number of hydrogen-bond acceptors (Lipinski definition) is 5. The molecule has 0 atom stereocenters. The molecular formula is C9H6ClN5O. The fourth-order valence-electron chi connectivity index (χ4n) is 1.02. The molecule has 7 heteroatoms. The van der Waals surface area contributed by atoms with E-state index in [0.717, 1.165) is 0 Å². The third-order valence-electron chi connectivity index (χ3n) is 1.70. The van der Waals surface area contributed by atoms with Crippen molar-refractivity contribution in [1.29, 1.82) is 0 Å². The minimum atomic E-state index is -0.364. The van der Waals surface area contributed by atoms with E-state index in [2.05, 4.69) is 25.5 Å². The molecule has 6 nitrogen and oxygen atoms in total. The first kappa shape index (κ1) is 10.4. The smallest absolute Gasteiger partial charge is 0.258 e. The van der Waals surface area contributed by atoms with Gasteiger partial charge in [0.15, 0.2) is 0 Å². The van der Waals surface area contributed by atoms with Gasteiger partial charge in [-0.1, -0.05) is 11.6 Å². The van der Waals surface area contributed by atoms with Gasteiger partial charge in [-0.15, -0.1) is 5.10 Å². The van der Waals surface area contributed by atoms with Crippen LogP contribution in [0.1, 0.15) is 10.4 Å². The van der Waals surface area contributed by atoms with Crippen molar-refractivity contribution in [2.45, 2.75) is 0 Å². The average molecular weight is 236 g/mol. The molecular weight excluding hydrogens is 230 g/mol. The Morgan fingerprint density at radius 2 is 2.12 bits per heavy atom. The zero-order valence-electron chi connectivity index (χ0n) is 7.96. The fraction of sp³-hybridized carbons (Fsp3) is 0. The zero-order valence-corrected chi connectivity index (χ0v) is 8.72. The molecule has 0 bridgehead atoms. The van der Waals surface area contributed by atoms with Gasteiger partial charge < -0.3 is 0 Å². The first-order valence-corrected chi connectivity index (χ1v) is 4.70. The Labute approximate surface area is 95.7 Å². The van der Waals surface area contributed by atoms with Crippen LogP contribution in [-0.2, 0) is 0 Å². The minimum absolute atomic E-state index is 0.139. The van der Waals surface area contributed by atoms with Crippen molar-refractivity contribution in [3.8, 4) is 0 Å². The van der Waals surface area contributed by atoms with Crippen molar-refractivity contribution in [2.24, 2.45) is 0 Å². The largest absolute Gasteiger partial charge is 0.289 e. The van der Waals surface area contributed by atoms with Gasteiger partial charge in [0.25, 0.3) is 5.91 Å². The van der Waals surface area contributed by atoms with Crippen LogP contribution in [0.25, 0.3) is 0 Å². The van der Waals surface area contributed by atoms with E-state index < -0.39 is 0 Å². The molecule has 0 fully saturated rings. The third kappa shape index (κ3) is 2.48. The summed E-state index contributed by atoms with van der Waals surface area (Å²) in [7, 11) is 0. The molecule has 2 aromatic heterocycles. The topological polar surface area (TPSA) is 80.7 Å². The van der Waals surface area contributed by atoms with E-state index in [1.807, 2.05) is 0 Å². The van der Waals surface area contributed by atoms with Gasteiger partial charge in [-0.05, 0) is 12.1 Å². The highest BCUT2D eigenvalue weighted by Gasteiger charge is 2.07. The predicted molar refractivity (Wildman–Crippen MR) is 57.0 cm³/mol. The molecule has 0 saturated carbocycles. The Kier molecular flexibility index (Phi) is 3.02. The van der Waals surface area contributed by atoms with E-state index >= 15 is 0 Å². The van der Waals surface area contributed by atoms with Gasteiger partial charge in [0, 0.05) is 11.8 Å². The molecule has 1 N–H and O–H groups in total. The highest BCUT2D eigenvalue weighted by atomic mass is 35.5. The van der Waals surface area contributed by atoms with Crippen LogP contribution in [0, 0.1) is 0 Å². The quantitative estimate of drug-likeness (QED) is 0.791. The summed E-state index contributed by atoms with van der Waals surface area (Å²) in [6.45, 7) is 0. The number of pyridine rings is 1. The summed E-state index contributed by atoms with van der Waals surface area (Å²) in [5.74, 6) is -0.224. The lowest BCUT2D eigenvalue weighted by Gasteiger charge is -2.01. The normalized spacial score (nSPS) is 9.81. The van der Waals surface area contributed by atoms with E-state index in [4.69, 9.17) is 11.6 Å². The summed E-state index contributed by atoms with van der Waals surface area (Å²) in [4.78, 5) is 19.2. The maximum atomic E-state index is 11.7. The standard InChI is InChI=1S/C9H6ClN5O/c10-7-5-6(1-2-11-7)8(16)14-9-12-3-4-13-15-9/h1-5H,(H,12,14,15,16). The van der Waals surface area contributed by atoms with Crippen molar-refractivity contribution in [1.82, 2.24) is 20.2 Å². The molecule has 1 amide bonds. The number of nitrogens with zero attached hydrogens (tertiary/aromatic N) is 4. The molecule has 80 valence electrons. The molecule has 0 radical (unpaired) electrons. The second kappa shape index (κ2) is 4.63. The summed E-state index contributed by atoms with van der Waals surface area (Å²) in [5, 5.41) is 9.93. The molecule has 2 heterocycles. The lowest BCUT2D eigenvalue weighted by atomic mass is 10.2. The Bertz CT molecular complexity index is 504. The van der Waals surface area contributed by atoms with E-state index in [0.29, 0.717) is 5.56 Å². The van der Waals surface area contributed by atoms with Crippen LogP contribution >= 0.6 is 11.6 Å². The monoisotopic (exact) mass is 235 g/mol. The molecule has 0 spiro atoms.